The predicted octanol–water partition coefficient (Wildman–Crippen LogP) is 2.19. The van der Waals surface area contributed by atoms with Crippen LogP contribution < -0.4 is 0 Å². The van der Waals surface area contributed by atoms with Crippen molar-refractivity contribution < 1.29 is 14.6 Å². The Morgan fingerprint density at radius 2 is 2.18 bits per heavy atom. The predicted molar refractivity (Wildman–Crippen MR) is 66.0 cm³/mol. The van der Waals surface area contributed by atoms with Crippen molar-refractivity contribution in [2.45, 2.75) is 32.0 Å². The second kappa shape index (κ2) is 3.99. The molecule has 1 aliphatic rings. The van der Waals surface area contributed by atoms with Crippen LogP contribution >= 0.6 is 11.3 Å². The summed E-state index contributed by atoms with van der Waals surface area (Å²) in [5, 5.41) is 14.1. The van der Waals surface area contributed by atoms with Gasteiger partial charge in [0.1, 0.15) is 11.2 Å². The number of carbonyl (C=O) groups is 1. The average molecular weight is 255 g/mol. The molecule has 4 nitrogen and oxygen atoms in total. The van der Waals surface area contributed by atoms with Crippen LogP contribution in [0.4, 0.5) is 4.79 Å². The molecule has 2 rings (SSSR count). The second-order valence-electron chi connectivity index (χ2n) is 5.38. The Labute approximate surface area is 105 Å². The van der Waals surface area contributed by atoms with Crippen LogP contribution in [0.5, 0.6) is 0 Å². The van der Waals surface area contributed by atoms with E-state index in [2.05, 4.69) is 0 Å². The van der Waals surface area contributed by atoms with Gasteiger partial charge >= 0.3 is 6.09 Å². The lowest BCUT2D eigenvalue weighted by molar-refractivity contribution is -0.103. The second-order valence-corrected chi connectivity index (χ2v) is 6.16. The molecule has 1 aromatic rings. The Hall–Kier alpha value is -1.07. The number of β-amino-alcohol motifs (C(OH)–C–C–N with tert-alkyl or cyclic N) is 1. The smallest absolute Gasteiger partial charge is 0.410 e. The number of amides is 1. The molecular formula is C12H17NO3S. The zero-order chi connectivity index (χ0) is 12.7. The van der Waals surface area contributed by atoms with Gasteiger partial charge in [-0.25, -0.2) is 4.79 Å². The molecule has 1 amide bonds. The molecule has 0 aliphatic carbocycles. The lowest BCUT2D eigenvalue weighted by Crippen LogP contribution is -2.61. The third kappa shape index (κ3) is 2.61. The Morgan fingerprint density at radius 3 is 2.65 bits per heavy atom. The molecule has 0 aromatic carbocycles. The first kappa shape index (κ1) is 12.4. The summed E-state index contributed by atoms with van der Waals surface area (Å²) in [7, 11) is 0. The van der Waals surface area contributed by atoms with Crippen molar-refractivity contribution in [2.24, 2.45) is 0 Å². The number of likely N-dealkylation sites (tertiary alicyclic amines) is 1. The number of thiophene rings is 1. The monoisotopic (exact) mass is 255 g/mol. The van der Waals surface area contributed by atoms with E-state index in [-0.39, 0.29) is 6.09 Å². The van der Waals surface area contributed by atoms with Crippen molar-refractivity contribution in [3.63, 3.8) is 0 Å². The van der Waals surface area contributed by atoms with Gasteiger partial charge in [0.05, 0.1) is 13.1 Å². The highest BCUT2D eigenvalue weighted by atomic mass is 32.1. The standard InChI is InChI=1S/C12H17NO3S/c1-11(2,3)16-10(14)13-7-12(15,8-13)9-4-5-17-6-9/h4-6,15H,7-8H2,1-3H3. The van der Waals surface area contributed by atoms with Gasteiger partial charge in [-0.15, -0.1) is 0 Å². The molecule has 0 bridgehead atoms. The SMILES string of the molecule is CC(C)(C)OC(=O)N1CC(O)(c2ccsc2)C1. The average Bonchev–Trinajstić information content (AvgIpc) is 2.62. The summed E-state index contributed by atoms with van der Waals surface area (Å²) >= 11 is 1.54. The fraction of sp³-hybridized carbons (Fsp3) is 0.583. The van der Waals surface area contributed by atoms with Crippen LogP contribution in [-0.4, -0.2) is 34.8 Å². The van der Waals surface area contributed by atoms with Gasteiger partial charge in [0, 0.05) is 0 Å². The number of hydrogen-bond acceptors (Lipinski definition) is 4. The van der Waals surface area contributed by atoms with E-state index < -0.39 is 11.2 Å². The summed E-state index contributed by atoms with van der Waals surface area (Å²) in [5.41, 5.74) is -0.508. The maximum atomic E-state index is 11.7. The van der Waals surface area contributed by atoms with Gasteiger partial charge in [-0.3, -0.25) is 0 Å². The summed E-state index contributed by atoms with van der Waals surface area (Å²) in [6.07, 6.45) is -0.364. The van der Waals surface area contributed by atoms with Crippen molar-refractivity contribution in [1.82, 2.24) is 4.90 Å². The van der Waals surface area contributed by atoms with E-state index in [1.807, 2.05) is 37.6 Å². The Bertz CT molecular complexity index is 402. The molecule has 1 aliphatic heterocycles. The van der Waals surface area contributed by atoms with E-state index >= 15 is 0 Å². The summed E-state index contributed by atoms with van der Waals surface area (Å²) in [4.78, 5) is 13.2. The van der Waals surface area contributed by atoms with Crippen molar-refractivity contribution >= 4 is 17.4 Å². The van der Waals surface area contributed by atoms with Gasteiger partial charge in [-0.1, -0.05) is 0 Å². The van der Waals surface area contributed by atoms with E-state index in [0.717, 1.165) is 5.56 Å². The molecule has 0 atom stereocenters. The molecule has 2 heterocycles. The van der Waals surface area contributed by atoms with Crippen LogP contribution in [0.2, 0.25) is 0 Å². The molecule has 17 heavy (non-hydrogen) atoms. The number of hydrogen-bond donors (Lipinski definition) is 1. The molecule has 0 radical (unpaired) electrons. The minimum Gasteiger partial charge on any atom is -0.444 e. The molecule has 94 valence electrons. The zero-order valence-corrected chi connectivity index (χ0v) is 11.1. The van der Waals surface area contributed by atoms with Crippen molar-refractivity contribution in [2.75, 3.05) is 13.1 Å². The lowest BCUT2D eigenvalue weighted by atomic mass is 9.88. The normalized spacial score (nSPS) is 18.7. The highest BCUT2D eigenvalue weighted by molar-refractivity contribution is 7.08. The van der Waals surface area contributed by atoms with Gasteiger partial charge in [0.15, 0.2) is 0 Å². The molecule has 1 aromatic heterocycles. The third-order valence-electron chi connectivity index (χ3n) is 2.62. The van der Waals surface area contributed by atoms with Crippen molar-refractivity contribution in [3.05, 3.63) is 22.4 Å². The maximum absolute atomic E-state index is 11.7. The van der Waals surface area contributed by atoms with Crippen LogP contribution in [0.1, 0.15) is 26.3 Å². The molecule has 1 N–H and O–H groups in total. The first-order valence-corrected chi connectivity index (χ1v) is 6.47. The van der Waals surface area contributed by atoms with Crippen molar-refractivity contribution in [1.29, 1.82) is 0 Å². The topological polar surface area (TPSA) is 49.8 Å². The molecule has 1 fully saturated rings. The van der Waals surface area contributed by atoms with Gasteiger partial charge in [-0.05, 0) is 43.2 Å². The number of rotatable bonds is 1. The number of nitrogens with zero attached hydrogens (tertiary/aromatic N) is 1. The Kier molecular flexibility index (Phi) is 2.91. The van der Waals surface area contributed by atoms with Crippen LogP contribution in [0.25, 0.3) is 0 Å². The number of ether oxygens (including phenoxy) is 1. The van der Waals surface area contributed by atoms with E-state index in [1.54, 1.807) is 11.3 Å². The third-order valence-corrected chi connectivity index (χ3v) is 3.30. The molecular weight excluding hydrogens is 238 g/mol. The molecule has 5 heteroatoms. The van der Waals surface area contributed by atoms with Crippen LogP contribution in [0.15, 0.2) is 16.8 Å². The summed E-state index contributed by atoms with van der Waals surface area (Å²) in [6, 6.07) is 1.89. The minimum atomic E-state index is -0.892. The van der Waals surface area contributed by atoms with Gasteiger partial charge in [-0.2, -0.15) is 11.3 Å². The van der Waals surface area contributed by atoms with Crippen LogP contribution in [0.3, 0.4) is 0 Å². The molecule has 0 saturated carbocycles. The largest absolute Gasteiger partial charge is 0.444 e. The van der Waals surface area contributed by atoms with E-state index in [1.165, 1.54) is 4.90 Å². The Morgan fingerprint density at radius 1 is 1.53 bits per heavy atom. The fourth-order valence-corrected chi connectivity index (χ4v) is 2.50. The highest BCUT2D eigenvalue weighted by Crippen LogP contribution is 2.33. The van der Waals surface area contributed by atoms with Gasteiger partial charge < -0.3 is 14.7 Å². The van der Waals surface area contributed by atoms with E-state index in [4.69, 9.17) is 4.74 Å². The zero-order valence-electron chi connectivity index (χ0n) is 10.3. The maximum Gasteiger partial charge on any atom is 0.410 e. The minimum absolute atomic E-state index is 0.304. The van der Waals surface area contributed by atoms with Crippen LogP contribution in [0, 0.1) is 0 Å². The molecule has 0 spiro atoms. The first-order chi connectivity index (χ1) is 7.80. The summed E-state index contributed by atoms with van der Waals surface area (Å²) < 4.78 is 5.23. The van der Waals surface area contributed by atoms with Crippen LogP contribution in [-0.2, 0) is 10.3 Å². The summed E-state index contributed by atoms with van der Waals surface area (Å²) in [6.45, 7) is 6.10. The van der Waals surface area contributed by atoms with Gasteiger partial charge in [0.25, 0.3) is 0 Å². The fourth-order valence-electron chi connectivity index (χ4n) is 1.75. The van der Waals surface area contributed by atoms with E-state index in [9.17, 15) is 9.90 Å². The molecule has 0 unspecified atom stereocenters. The molecule has 1 saturated heterocycles. The number of aliphatic hydroxyl groups is 1. The quantitative estimate of drug-likeness (QED) is 0.837. The van der Waals surface area contributed by atoms with Gasteiger partial charge in [0.2, 0.25) is 0 Å². The Balaban J connectivity index is 1.93. The highest BCUT2D eigenvalue weighted by Gasteiger charge is 2.46. The van der Waals surface area contributed by atoms with Crippen molar-refractivity contribution in [3.8, 4) is 0 Å². The first-order valence-electron chi connectivity index (χ1n) is 5.53. The summed E-state index contributed by atoms with van der Waals surface area (Å²) in [5.74, 6) is 0. The lowest BCUT2D eigenvalue weighted by Gasteiger charge is -2.46. The van der Waals surface area contributed by atoms with E-state index in [0.29, 0.717) is 13.1 Å². The number of carbonyl (C=O) groups excluding carboxylic acids is 1.